The Bertz CT molecular complexity index is 1200. The van der Waals surface area contributed by atoms with Crippen molar-refractivity contribution in [3.63, 3.8) is 0 Å². The number of piperazine rings is 1. The molecule has 2 saturated heterocycles. The van der Waals surface area contributed by atoms with Crippen molar-refractivity contribution in [2.75, 3.05) is 57.3 Å². The minimum absolute atomic E-state index is 0.0596. The fourth-order valence-electron chi connectivity index (χ4n) is 4.71. The van der Waals surface area contributed by atoms with E-state index in [9.17, 15) is 4.79 Å². The van der Waals surface area contributed by atoms with Gasteiger partial charge in [0.1, 0.15) is 5.60 Å². The number of ether oxygens (including phenoxy) is 2. The van der Waals surface area contributed by atoms with E-state index in [-0.39, 0.29) is 12.2 Å². The third kappa shape index (κ3) is 5.58. The molecule has 9 nitrogen and oxygen atoms in total. The molecule has 0 N–H and O–H groups in total. The molecule has 10 heteroatoms. The van der Waals surface area contributed by atoms with Gasteiger partial charge < -0.3 is 19.3 Å². The number of aromatic nitrogens is 3. The molecule has 0 aliphatic carbocycles. The van der Waals surface area contributed by atoms with Crippen LogP contribution in [0.4, 0.5) is 10.6 Å². The van der Waals surface area contributed by atoms with Crippen LogP contribution < -0.4 is 4.90 Å². The first-order chi connectivity index (χ1) is 17.3. The fourth-order valence-corrected chi connectivity index (χ4v) is 4.83. The molecule has 0 bridgehead atoms. The molecule has 1 unspecified atom stereocenters. The van der Waals surface area contributed by atoms with E-state index in [1.165, 1.54) is 0 Å². The Balaban J connectivity index is 1.25. The number of rotatable bonds is 4. The van der Waals surface area contributed by atoms with Crippen LogP contribution in [0.25, 0.3) is 16.6 Å². The van der Waals surface area contributed by atoms with Gasteiger partial charge in [0, 0.05) is 62.4 Å². The maximum atomic E-state index is 12.4. The third-order valence-electron chi connectivity index (χ3n) is 6.46. The monoisotopic (exact) mass is 512 g/mol. The summed E-state index contributed by atoms with van der Waals surface area (Å²) >= 11 is 6.10. The van der Waals surface area contributed by atoms with Crippen LogP contribution in [-0.2, 0) is 9.47 Å². The first-order valence-corrected chi connectivity index (χ1v) is 12.8. The summed E-state index contributed by atoms with van der Waals surface area (Å²) < 4.78 is 13.6. The predicted molar refractivity (Wildman–Crippen MR) is 140 cm³/mol. The van der Waals surface area contributed by atoms with Crippen molar-refractivity contribution < 1.29 is 14.3 Å². The summed E-state index contributed by atoms with van der Waals surface area (Å²) in [5.74, 6) is 0.936. The number of benzene rings is 1. The lowest BCUT2D eigenvalue weighted by atomic mass is 10.2. The highest BCUT2D eigenvalue weighted by Gasteiger charge is 2.30. The highest BCUT2D eigenvalue weighted by atomic mass is 35.5. The van der Waals surface area contributed by atoms with Crippen molar-refractivity contribution in [1.82, 2.24) is 24.6 Å². The van der Waals surface area contributed by atoms with Gasteiger partial charge in [-0.3, -0.25) is 9.88 Å². The zero-order valence-electron chi connectivity index (χ0n) is 21.1. The van der Waals surface area contributed by atoms with E-state index in [0.29, 0.717) is 24.7 Å². The molecule has 1 amide bonds. The lowest BCUT2D eigenvalue weighted by molar-refractivity contribution is -0.00609. The van der Waals surface area contributed by atoms with Crippen LogP contribution in [0.2, 0.25) is 5.02 Å². The van der Waals surface area contributed by atoms with Gasteiger partial charge in [-0.15, -0.1) is 5.10 Å². The smallest absolute Gasteiger partial charge is 0.410 e. The average molecular weight is 513 g/mol. The number of halogens is 1. The zero-order valence-corrected chi connectivity index (χ0v) is 21.8. The largest absolute Gasteiger partial charge is 0.444 e. The van der Waals surface area contributed by atoms with E-state index in [4.69, 9.17) is 26.2 Å². The molecule has 36 heavy (non-hydrogen) atoms. The maximum Gasteiger partial charge on any atom is 0.410 e. The molecule has 2 fully saturated rings. The van der Waals surface area contributed by atoms with Crippen molar-refractivity contribution in [3.8, 4) is 5.69 Å². The second kappa shape index (κ2) is 10.2. The van der Waals surface area contributed by atoms with E-state index in [1.807, 2.05) is 68.2 Å². The first kappa shape index (κ1) is 24.8. The summed E-state index contributed by atoms with van der Waals surface area (Å²) in [6.07, 6.45) is 3.48. The quantitative estimate of drug-likeness (QED) is 0.525. The number of fused-ring (bicyclic) bond motifs is 1. The number of hydrogen-bond acceptors (Lipinski definition) is 7. The Morgan fingerprint density at radius 2 is 1.86 bits per heavy atom. The molecule has 4 heterocycles. The van der Waals surface area contributed by atoms with Crippen molar-refractivity contribution in [2.24, 2.45) is 0 Å². The molecule has 2 aromatic heterocycles. The maximum absolute atomic E-state index is 12.4. The summed E-state index contributed by atoms with van der Waals surface area (Å²) in [5, 5.41) is 6.74. The Hall–Kier alpha value is -2.88. The van der Waals surface area contributed by atoms with Gasteiger partial charge in [0.05, 0.1) is 30.1 Å². The van der Waals surface area contributed by atoms with Crippen molar-refractivity contribution in [3.05, 3.63) is 47.7 Å². The van der Waals surface area contributed by atoms with Gasteiger partial charge in [0.2, 0.25) is 0 Å². The van der Waals surface area contributed by atoms with Crippen molar-refractivity contribution in [1.29, 1.82) is 0 Å². The number of carbonyl (C=O) groups is 1. The van der Waals surface area contributed by atoms with Gasteiger partial charge in [-0.1, -0.05) is 11.6 Å². The first-order valence-electron chi connectivity index (χ1n) is 12.4. The number of nitrogens with zero attached hydrogens (tertiary/aromatic N) is 6. The number of pyridine rings is 1. The molecular formula is C26H33ClN6O3. The minimum atomic E-state index is -0.478. The van der Waals surface area contributed by atoms with E-state index in [2.05, 4.69) is 14.8 Å². The Kier molecular flexibility index (Phi) is 7.05. The van der Waals surface area contributed by atoms with Crippen LogP contribution in [0, 0.1) is 0 Å². The molecule has 0 spiro atoms. The normalized spacial score (nSPS) is 19.6. The van der Waals surface area contributed by atoms with Gasteiger partial charge >= 0.3 is 6.09 Å². The molecule has 3 aromatic rings. The van der Waals surface area contributed by atoms with Crippen molar-refractivity contribution in [2.45, 2.75) is 32.5 Å². The Morgan fingerprint density at radius 3 is 2.58 bits per heavy atom. The molecule has 2 aliphatic heterocycles. The van der Waals surface area contributed by atoms with Crippen LogP contribution in [0.3, 0.4) is 0 Å². The minimum Gasteiger partial charge on any atom is -0.444 e. The fraction of sp³-hybridized carbons (Fsp3) is 0.500. The van der Waals surface area contributed by atoms with Gasteiger partial charge in [0.15, 0.2) is 5.82 Å². The molecule has 1 atom stereocenters. The number of carbonyl (C=O) groups excluding carboxylic acids is 1. The topological polar surface area (TPSA) is 76.0 Å². The molecule has 0 saturated carbocycles. The van der Waals surface area contributed by atoms with Crippen LogP contribution in [-0.4, -0.2) is 94.8 Å². The summed E-state index contributed by atoms with van der Waals surface area (Å²) in [7, 11) is 0. The van der Waals surface area contributed by atoms with Crippen LogP contribution in [0.1, 0.15) is 20.8 Å². The van der Waals surface area contributed by atoms with Gasteiger partial charge in [0.25, 0.3) is 0 Å². The highest BCUT2D eigenvalue weighted by molar-refractivity contribution is 6.30. The van der Waals surface area contributed by atoms with Crippen LogP contribution >= 0.6 is 11.6 Å². The number of amides is 1. The molecule has 2 aliphatic rings. The molecular weight excluding hydrogens is 480 g/mol. The molecule has 5 rings (SSSR count). The van der Waals surface area contributed by atoms with E-state index >= 15 is 0 Å². The van der Waals surface area contributed by atoms with Gasteiger partial charge in [-0.2, -0.15) is 0 Å². The second-order valence-corrected chi connectivity index (χ2v) is 10.7. The van der Waals surface area contributed by atoms with Gasteiger partial charge in [-0.25, -0.2) is 9.48 Å². The lowest BCUT2D eigenvalue weighted by Gasteiger charge is -2.39. The van der Waals surface area contributed by atoms with E-state index in [1.54, 1.807) is 4.90 Å². The number of hydrogen-bond donors (Lipinski definition) is 0. The van der Waals surface area contributed by atoms with Crippen LogP contribution in [0.15, 0.2) is 42.7 Å². The molecule has 1 aromatic carbocycles. The Labute approximate surface area is 216 Å². The number of morpholine rings is 1. The lowest BCUT2D eigenvalue weighted by Crippen LogP contribution is -2.54. The van der Waals surface area contributed by atoms with Gasteiger partial charge in [-0.05, 0) is 51.1 Å². The summed E-state index contributed by atoms with van der Waals surface area (Å²) in [5.41, 5.74) is 1.42. The highest BCUT2D eigenvalue weighted by Crippen LogP contribution is 2.29. The predicted octanol–water partition coefficient (Wildman–Crippen LogP) is 3.83. The summed E-state index contributed by atoms with van der Waals surface area (Å²) in [6, 6.07) is 9.68. The standard InChI is InChI=1S/C26H33ClN6O3/c1-26(2,3)36-25(34)31-12-10-30(11-13-31)17-21-18-32(14-15-35-21)24-22-8-9-28-16-23(22)33(29-24)20-6-4-19(27)5-7-20/h4-9,16,21H,10-15,17-18H2,1-3H3. The molecule has 0 radical (unpaired) electrons. The number of anilines is 1. The van der Waals surface area contributed by atoms with E-state index in [0.717, 1.165) is 55.1 Å². The average Bonchev–Trinajstić information content (AvgIpc) is 3.24. The summed E-state index contributed by atoms with van der Waals surface area (Å²) in [4.78, 5) is 23.2. The van der Waals surface area contributed by atoms with Crippen molar-refractivity contribution >= 4 is 34.4 Å². The SMILES string of the molecule is CC(C)(C)OC(=O)N1CCN(CC2CN(c3nn(-c4ccc(Cl)cc4)c4cnccc34)CCO2)CC1. The molecule has 192 valence electrons. The third-order valence-corrected chi connectivity index (χ3v) is 6.71. The Morgan fingerprint density at radius 1 is 1.11 bits per heavy atom. The zero-order chi connectivity index (χ0) is 25.3. The summed E-state index contributed by atoms with van der Waals surface area (Å²) in [6.45, 7) is 11.6. The second-order valence-electron chi connectivity index (χ2n) is 10.3. The van der Waals surface area contributed by atoms with E-state index < -0.39 is 5.60 Å². The van der Waals surface area contributed by atoms with Crippen LogP contribution in [0.5, 0.6) is 0 Å².